The Morgan fingerprint density at radius 3 is 2.42 bits per heavy atom. The number of nitro benzene ring substituents is 1. The number of hydrogen-bond donors (Lipinski definition) is 1. The van der Waals surface area contributed by atoms with Crippen molar-refractivity contribution in [3.63, 3.8) is 0 Å². The molecule has 1 aromatic rings. The molecule has 3 rings (SSSR count). The van der Waals surface area contributed by atoms with Gasteiger partial charge in [0.05, 0.1) is 36.4 Å². The molecular weight excluding hydrogens is 402 g/mol. The lowest BCUT2D eigenvalue weighted by Crippen LogP contribution is -2.55. The van der Waals surface area contributed by atoms with Gasteiger partial charge in [-0.3, -0.25) is 29.5 Å². The van der Waals surface area contributed by atoms with Gasteiger partial charge in [0.15, 0.2) is 0 Å². The van der Waals surface area contributed by atoms with Gasteiger partial charge in [0, 0.05) is 45.3 Å². The van der Waals surface area contributed by atoms with Gasteiger partial charge in [-0.15, -0.1) is 0 Å². The van der Waals surface area contributed by atoms with E-state index in [2.05, 4.69) is 10.2 Å². The van der Waals surface area contributed by atoms with Crippen molar-refractivity contribution in [1.29, 1.82) is 0 Å². The van der Waals surface area contributed by atoms with E-state index in [1.807, 2.05) is 16.7 Å². The molecule has 0 aromatic heterocycles. The van der Waals surface area contributed by atoms with Crippen molar-refractivity contribution in [2.75, 3.05) is 58.2 Å². The standard InChI is InChI=1S/C21H31N5O5/c1-16(21(28)25-8-4-3-5-9-25)24-12-10-23(11-13-24)15-20(27)22-18-7-6-17(26(29)30)14-19(18)31-2/h6-7,14,16H,3-5,8-13,15H2,1-2H3,(H,22,27)/t16-/m1/s1. The topological polar surface area (TPSA) is 108 Å². The first-order valence-electron chi connectivity index (χ1n) is 10.8. The summed E-state index contributed by atoms with van der Waals surface area (Å²) in [7, 11) is 1.40. The van der Waals surface area contributed by atoms with Crippen LogP contribution in [0.5, 0.6) is 5.75 Å². The molecule has 0 bridgehead atoms. The van der Waals surface area contributed by atoms with E-state index < -0.39 is 4.92 Å². The molecule has 2 fully saturated rings. The first kappa shape index (κ1) is 23.0. The minimum Gasteiger partial charge on any atom is -0.494 e. The molecule has 1 aromatic carbocycles. The maximum atomic E-state index is 12.7. The van der Waals surface area contributed by atoms with Gasteiger partial charge in [-0.25, -0.2) is 0 Å². The number of non-ortho nitro benzene ring substituents is 1. The zero-order valence-corrected chi connectivity index (χ0v) is 18.2. The predicted octanol–water partition coefficient (Wildman–Crippen LogP) is 1.56. The maximum absolute atomic E-state index is 12.7. The molecule has 0 radical (unpaired) electrons. The minimum atomic E-state index is -0.509. The van der Waals surface area contributed by atoms with Crippen molar-refractivity contribution in [2.45, 2.75) is 32.2 Å². The number of carbonyl (C=O) groups is 2. The summed E-state index contributed by atoms with van der Waals surface area (Å²) in [6.45, 7) is 6.75. The van der Waals surface area contributed by atoms with E-state index in [1.165, 1.54) is 31.7 Å². The summed E-state index contributed by atoms with van der Waals surface area (Å²) in [6.07, 6.45) is 3.37. The number of piperazine rings is 1. The SMILES string of the molecule is COc1cc([N+](=O)[O-])ccc1NC(=O)CN1CCN([C@H](C)C(=O)N2CCCCC2)CC1. The second-order valence-corrected chi connectivity index (χ2v) is 8.06. The van der Waals surface area contributed by atoms with Crippen molar-refractivity contribution in [3.8, 4) is 5.75 Å². The van der Waals surface area contributed by atoms with Gasteiger partial charge in [-0.05, 0) is 32.3 Å². The molecule has 1 atom stereocenters. The highest BCUT2D eigenvalue weighted by molar-refractivity contribution is 5.94. The number of amides is 2. The highest BCUT2D eigenvalue weighted by Crippen LogP contribution is 2.29. The lowest BCUT2D eigenvalue weighted by molar-refractivity contribution is -0.384. The van der Waals surface area contributed by atoms with Crippen LogP contribution in [0, 0.1) is 10.1 Å². The molecule has 10 nitrogen and oxygen atoms in total. The van der Waals surface area contributed by atoms with Crippen LogP contribution in [0.1, 0.15) is 26.2 Å². The Bertz CT molecular complexity index is 803. The zero-order chi connectivity index (χ0) is 22.4. The van der Waals surface area contributed by atoms with Crippen LogP contribution in [0.15, 0.2) is 18.2 Å². The monoisotopic (exact) mass is 433 g/mol. The number of benzene rings is 1. The van der Waals surface area contributed by atoms with Crippen LogP contribution in [0.3, 0.4) is 0 Å². The number of anilines is 1. The van der Waals surface area contributed by atoms with Crippen LogP contribution < -0.4 is 10.1 Å². The number of methoxy groups -OCH3 is 1. The normalized spacial score (nSPS) is 19.0. The Morgan fingerprint density at radius 2 is 1.81 bits per heavy atom. The second kappa shape index (κ2) is 10.5. The smallest absolute Gasteiger partial charge is 0.273 e. The van der Waals surface area contributed by atoms with E-state index in [1.54, 1.807) is 0 Å². The number of rotatable bonds is 7. The average molecular weight is 434 g/mol. The predicted molar refractivity (Wildman–Crippen MR) is 116 cm³/mol. The van der Waals surface area contributed by atoms with E-state index in [9.17, 15) is 19.7 Å². The first-order chi connectivity index (χ1) is 14.9. The number of piperidine rings is 1. The van der Waals surface area contributed by atoms with E-state index in [0.29, 0.717) is 18.8 Å². The number of hydrogen-bond acceptors (Lipinski definition) is 7. The molecule has 31 heavy (non-hydrogen) atoms. The van der Waals surface area contributed by atoms with Gasteiger partial charge in [-0.2, -0.15) is 0 Å². The van der Waals surface area contributed by atoms with E-state index in [0.717, 1.165) is 39.0 Å². The summed E-state index contributed by atoms with van der Waals surface area (Å²) in [5, 5.41) is 13.7. The van der Waals surface area contributed by atoms with E-state index in [4.69, 9.17) is 4.74 Å². The average Bonchev–Trinajstić information content (AvgIpc) is 2.79. The van der Waals surface area contributed by atoms with Crippen LogP contribution in [-0.4, -0.2) is 90.4 Å². The van der Waals surface area contributed by atoms with Crippen molar-refractivity contribution in [3.05, 3.63) is 28.3 Å². The van der Waals surface area contributed by atoms with Crippen LogP contribution in [0.25, 0.3) is 0 Å². The van der Waals surface area contributed by atoms with Gasteiger partial charge in [0.1, 0.15) is 5.75 Å². The van der Waals surface area contributed by atoms with Crippen molar-refractivity contribution < 1.29 is 19.2 Å². The summed E-state index contributed by atoms with van der Waals surface area (Å²) in [5.41, 5.74) is 0.302. The molecule has 2 aliphatic heterocycles. The van der Waals surface area contributed by atoms with Crippen molar-refractivity contribution in [2.24, 2.45) is 0 Å². The molecule has 0 unspecified atom stereocenters. The van der Waals surface area contributed by atoms with Gasteiger partial charge in [-0.1, -0.05) is 0 Å². The third-order valence-electron chi connectivity index (χ3n) is 6.02. The number of carbonyl (C=O) groups excluding carboxylic acids is 2. The molecule has 2 amide bonds. The van der Waals surface area contributed by atoms with E-state index >= 15 is 0 Å². The third-order valence-corrected chi connectivity index (χ3v) is 6.02. The number of nitrogens with zero attached hydrogens (tertiary/aromatic N) is 4. The van der Waals surface area contributed by atoms with Gasteiger partial charge in [0.25, 0.3) is 5.69 Å². The van der Waals surface area contributed by atoms with E-state index in [-0.39, 0.29) is 35.8 Å². The summed E-state index contributed by atoms with van der Waals surface area (Å²) in [5.74, 6) is 0.242. The molecule has 2 saturated heterocycles. The molecule has 2 aliphatic rings. The molecule has 1 N–H and O–H groups in total. The summed E-state index contributed by atoms with van der Waals surface area (Å²) in [4.78, 5) is 41.8. The molecular formula is C21H31N5O5. The largest absolute Gasteiger partial charge is 0.494 e. The maximum Gasteiger partial charge on any atom is 0.273 e. The fourth-order valence-corrected chi connectivity index (χ4v) is 4.13. The highest BCUT2D eigenvalue weighted by Gasteiger charge is 2.29. The van der Waals surface area contributed by atoms with Crippen LogP contribution in [0.2, 0.25) is 0 Å². The molecule has 170 valence electrons. The lowest BCUT2D eigenvalue weighted by Gasteiger charge is -2.39. The molecule has 2 heterocycles. The highest BCUT2D eigenvalue weighted by atomic mass is 16.6. The Kier molecular flexibility index (Phi) is 7.80. The van der Waals surface area contributed by atoms with Crippen molar-refractivity contribution >= 4 is 23.2 Å². The fraction of sp³-hybridized carbons (Fsp3) is 0.619. The quantitative estimate of drug-likeness (QED) is 0.513. The molecule has 10 heteroatoms. The Balaban J connectivity index is 1.47. The minimum absolute atomic E-state index is 0.0980. The Hall–Kier alpha value is -2.72. The van der Waals surface area contributed by atoms with Crippen LogP contribution >= 0.6 is 0 Å². The summed E-state index contributed by atoms with van der Waals surface area (Å²) >= 11 is 0. The second-order valence-electron chi connectivity index (χ2n) is 8.06. The molecule has 0 spiro atoms. The van der Waals surface area contributed by atoms with Gasteiger partial charge < -0.3 is 15.0 Å². The zero-order valence-electron chi connectivity index (χ0n) is 18.2. The van der Waals surface area contributed by atoms with Crippen LogP contribution in [-0.2, 0) is 9.59 Å². The summed E-state index contributed by atoms with van der Waals surface area (Å²) < 4.78 is 5.16. The Labute approximate surface area is 182 Å². The number of nitrogens with one attached hydrogen (secondary N) is 1. The third kappa shape index (κ3) is 5.92. The molecule has 0 aliphatic carbocycles. The number of likely N-dealkylation sites (tertiary alicyclic amines) is 1. The summed E-state index contributed by atoms with van der Waals surface area (Å²) in [6, 6.07) is 3.95. The molecule has 0 saturated carbocycles. The lowest BCUT2D eigenvalue weighted by atomic mass is 10.1. The fourth-order valence-electron chi connectivity index (χ4n) is 4.13. The number of nitro groups is 1. The van der Waals surface area contributed by atoms with Gasteiger partial charge in [0.2, 0.25) is 11.8 Å². The Morgan fingerprint density at radius 1 is 1.13 bits per heavy atom. The van der Waals surface area contributed by atoms with Crippen molar-refractivity contribution in [1.82, 2.24) is 14.7 Å². The van der Waals surface area contributed by atoms with Crippen LogP contribution in [0.4, 0.5) is 11.4 Å². The van der Waals surface area contributed by atoms with Gasteiger partial charge >= 0.3 is 0 Å². The number of ether oxygens (including phenoxy) is 1. The first-order valence-corrected chi connectivity index (χ1v) is 10.8.